The second-order valence-electron chi connectivity index (χ2n) is 5.23. The minimum absolute atomic E-state index is 0.617. The van der Waals surface area contributed by atoms with E-state index in [4.69, 9.17) is 5.10 Å². The smallest absolute Gasteiger partial charge is 0.0849 e. The number of aryl methyl sites for hydroxylation is 1. The van der Waals surface area contributed by atoms with E-state index in [9.17, 15) is 0 Å². The minimum Gasteiger partial charge on any atom is -0.269 e. The van der Waals surface area contributed by atoms with E-state index in [1.807, 2.05) is 23.9 Å². The fourth-order valence-electron chi connectivity index (χ4n) is 2.73. The summed E-state index contributed by atoms with van der Waals surface area (Å²) in [6, 6.07) is 4.76. The third kappa shape index (κ3) is 2.47. The molecule has 1 saturated carbocycles. The number of aromatic nitrogens is 4. The van der Waals surface area contributed by atoms with Gasteiger partial charge >= 0.3 is 0 Å². The summed E-state index contributed by atoms with van der Waals surface area (Å²) in [7, 11) is 0. The standard InChI is InChI=1S/C14H20N4/c1-12-7-9-17(15-12)11-13-8-10-18(16-13)14-5-3-2-4-6-14/h7-10,14H,2-6,11H2,1H3. The monoisotopic (exact) mass is 244 g/mol. The predicted octanol–water partition coefficient (Wildman–Crippen LogP) is 2.94. The van der Waals surface area contributed by atoms with Gasteiger partial charge in [0.2, 0.25) is 0 Å². The van der Waals surface area contributed by atoms with Crippen molar-refractivity contribution in [1.29, 1.82) is 0 Å². The molecule has 4 heteroatoms. The Hall–Kier alpha value is -1.58. The van der Waals surface area contributed by atoms with Crippen LogP contribution in [0.1, 0.15) is 49.5 Å². The van der Waals surface area contributed by atoms with E-state index in [1.165, 1.54) is 32.1 Å². The van der Waals surface area contributed by atoms with Crippen molar-refractivity contribution in [2.45, 2.75) is 51.6 Å². The van der Waals surface area contributed by atoms with E-state index in [0.29, 0.717) is 6.04 Å². The molecule has 4 nitrogen and oxygen atoms in total. The third-order valence-corrected chi connectivity index (χ3v) is 3.71. The lowest BCUT2D eigenvalue weighted by Crippen LogP contribution is -2.13. The van der Waals surface area contributed by atoms with Crippen LogP contribution in [0.4, 0.5) is 0 Å². The lowest BCUT2D eigenvalue weighted by molar-refractivity contribution is 0.327. The fourth-order valence-corrected chi connectivity index (χ4v) is 2.73. The highest BCUT2D eigenvalue weighted by Gasteiger charge is 2.15. The Kier molecular flexibility index (Phi) is 3.17. The van der Waals surface area contributed by atoms with Gasteiger partial charge in [-0.2, -0.15) is 10.2 Å². The van der Waals surface area contributed by atoms with Crippen LogP contribution in [0.25, 0.3) is 0 Å². The van der Waals surface area contributed by atoms with Crippen LogP contribution in [0.15, 0.2) is 24.5 Å². The van der Waals surface area contributed by atoms with Crippen LogP contribution in [0.2, 0.25) is 0 Å². The molecule has 0 amide bonds. The van der Waals surface area contributed by atoms with E-state index in [0.717, 1.165) is 17.9 Å². The molecule has 1 aliphatic rings. The van der Waals surface area contributed by atoms with E-state index in [2.05, 4.69) is 22.0 Å². The van der Waals surface area contributed by atoms with Crippen molar-refractivity contribution in [1.82, 2.24) is 19.6 Å². The SMILES string of the molecule is Cc1ccn(Cc2ccn(C3CCCCC3)n2)n1. The highest BCUT2D eigenvalue weighted by molar-refractivity contribution is 5.03. The van der Waals surface area contributed by atoms with Gasteiger partial charge in [0.05, 0.1) is 24.0 Å². The Morgan fingerprint density at radius 2 is 1.94 bits per heavy atom. The fraction of sp³-hybridized carbons (Fsp3) is 0.571. The topological polar surface area (TPSA) is 35.6 Å². The molecule has 3 rings (SSSR count). The first-order valence-corrected chi connectivity index (χ1v) is 6.85. The van der Waals surface area contributed by atoms with E-state index in [-0.39, 0.29) is 0 Å². The summed E-state index contributed by atoms with van der Waals surface area (Å²) in [4.78, 5) is 0. The maximum atomic E-state index is 4.69. The van der Waals surface area contributed by atoms with Crippen LogP contribution in [0, 0.1) is 6.92 Å². The highest BCUT2D eigenvalue weighted by atomic mass is 15.3. The lowest BCUT2D eigenvalue weighted by atomic mass is 9.96. The second kappa shape index (κ2) is 4.96. The first kappa shape index (κ1) is 11.5. The van der Waals surface area contributed by atoms with Gasteiger partial charge in [0.15, 0.2) is 0 Å². The van der Waals surface area contributed by atoms with E-state index >= 15 is 0 Å². The number of rotatable bonds is 3. The van der Waals surface area contributed by atoms with Gasteiger partial charge in [-0.25, -0.2) is 0 Å². The van der Waals surface area contributed by atoms with Crippen molar-refractivity contribution in [3.8, 4) is 0 Å². The molecule has 18 heavy (non-hydrogen) atoms. The van der Waals surface area contributed by atoms with Crippen molar-refractivity contribution in [3.05, 3.63) is 35.9 Å². The molecule has 0 spiro atoms. The molecule has 0 atom stereocenters. The Morgan fingerprint density at radius 1 is 1.11 bits per heavy atom. The van der Waals surface area contributed by atoms with Crippen LogP contribution in [-0.2, 0) is 6.54 Å². The predicted molar refractivity (Wildman–Crippen MR) is 70.4 cm³/mol. The van der Waals surface area contributed by atoms with Crippen molar-refractivity contribution >= 4 is 0 Å². The van der Waals surface area contributed by atoms with Gasteiger partial charge in [0.1, 0.15) is 0 Å². The van der Waals surface area contributed by atoms with Crippen molar-refractivity contribution in [2.24, 2.45) is 0 Å². The van der Waals surface area contributed by atoms with Gasteiger partial charge in [-0.3, -0.25) is 9.36 Å². The van der Waals surface area contributed by atoms with Gasteiger partial charge in [-0.05, 0) is 31.9 Å². The Labute approximate surface area is 108 Å². The molecule has 1 fully saturated rings. The normalized spacial score (nSPS) is 17.2. The first-order chi connectivity index (χ1) is 8.81. The molecule has 0 aromatic carbocycles. The molecule has 0 radical (unpaired) electrons. The Balaban J connectivity index is 1.69. The van der Waals surface area contributed by atoms with Crippen molar-refractivity contribution < 1.29 is 0 Å². The largest absolute Gasteiger partial charge is 0.269 e. The van der Waals surface area contributed by atoms with Crippen LogP contribution >= 0.6 is 0 Å². The summed E-state index contributed by atoms with van der Waals surface area (Å²) in [5, 5.41) is 9.09. The second-order valence-corrected chi connectivity index (χ2v) is 5.23. The van der Waals surface area contributed by atoms with Gasteiger partial charge in [0.25, 0.3) is 0 Å². The van der Waals surface area contributed by atoms with Gasteiger partial charge < -0.3 is 0 Å². The molecular formula is C14H20N4. The number of nitrogens with zero attached hydrogens (tertiary/aromatic N) is 4. The molecule has 0 N–H and O–H groups in total. The average molecular weight is 244 g/mol. The summed E-state index contributed by atoms with van der Waals surface area (Å²) in [5.41, 5.74) is 2.16. The lowest BCUT2D eigenvalue weighted by Gasteiger charge is -2.21. The van der Waals surface area contributed by atoms with Crippen molar-refractivity contribution in [3.63, 3.8) is 0 Å². The molecule has 0 aliphatic heterocycles. The summed E-state index contributed by atoms with van der Waals surface area (Å²) in [6.45, 7) is 2.78. The van der Waals surface area contributed by atoms with Crippen LogP contribution < -0.4 is 0 Å². The minimum atomic E-state index is 0.617. The molecule has 96 valence electrons. The Bertz CT molecular complexity index is 505. The summed E-state index contributed by atoms with van der Waals surface area (Å²) in [5.74, 6) is 0. The summed E-state index contributed by atoms with van der Waals surface area (Å²) in [6.07, 6.45) is 10.8. The van der Waals surface area contributed by atoms with Crippen LogP contribution in [0.5, 0.6) is 0 Å². The number of hydrogen-bond acceptors (Lipinski definition) is 2. The highest BCUT2D eigenvalue weighted by Crippen LogP contribution is 2.27. The third-order valence-electron chi connectivity index (χ3n) is 3.71. The van der Waals surface area contributed by atoms with E-state index < -0.39 is 0 Å². The number of hydrogen-bond donors (Lipinski definition) is 0. The van der Waals surface area contributed by atoms with Crippen LogP contribution in [0.3, 0.4) is 0 Å². The molecule has 1 aliphatic carbocycles. The quantitative estimate of drug-likeness (QED) is 0.832. The molecule has 2 aromatic heterocycles. The zero-order valence-corrected chi connectivity index (χ0v) is 10.9. The van der Waals surface area contributed by atoms with Gasteiger partial charge in [-0.15, -0.1) is 0 Å². The average Bonchev–Trinajstić information content (AvgIpc) is 3.01. The zero-order valence-electron chi connectivity index (χ0n) is 10.9. The summed E-state index contributed by atoms with van der Waals surface area (Å²) < 4.78 is 4.10. The van der Waals surface area contributed by atoms with Crippen LogP contribution in [-0.4, -0.2) is 19.6 Å². The maximum absolute atomic E-state index is 4.69. The molecule has 0 unspecified atom stereocenters. The first-order valence-electron chi connectivity index (χ1n) is 6.85. The van der Waals surface area contributed by atoms with Gasteiger partial charge in [-0.1, -0.05) is 19.3 Å². The maximum Gasteiger partial charge on any atom is 0.0849 e. The molecular weight excluding hydrogens is 224 g/mol. The van der Waals surface area contributed by atoms with E-state index in [1.54, 1.807) is 0 Å². The Morgan fingerprint density at radius 3 is 2.67 bits per heavy atom. The molecule has 0 bridgehead atoms. The molecule has 2 heterocycles. The van der Waals surface area contributed by atoms with Gasteiger partial charge in [0, 0.05) is 12.4 Å². The summed E-state index contributed by atoms with van der Waals surface area (Å²) >= 11 is 0. The van der Waals surface area contributed by atoms with Crippen molar-refractivity contribution in [2.75, 3.05) is 0 Å². The zero-order chi connectivity index (χ0) is 12.4. The molecule has 0 saturated heterocycles. The molecule has 2 aromatic rings.